The van der Waals surface area contributed by atoms with Crippen molar-refractivity contribution in [3.8, 4) is 0 Å². The highest BCUT2D eigenvalue weighted by Gasteiger charge is 2.25. The van der Waals surface area contributed by atoms with E-state index in [1.165, 1.54) is 0 Å². The van der Waals surface area contributed by atoms with Gasteiger partial charge in [-0.1, -0.05) is 38.5 Å². The van der Waals surface area contributed by atoms with Crippen molar-refractivity contribution >= 4 is 11.8 Å². The summed E-state index contributed by atoms with van der Waals surface area (Å²) in [6.07, 6.45) is 0.863. The maximum atomic E-state index is 12.3. The number of nitrogens with one attached hydrogen (secondary N) is 2. The van der Waals surface area contributed by atoms with Crippen LogP contribution in [0.15, 0.2) is 24.3 Å². The Balaban J connectivity index is 2.79. The third-order valence-electron chi connectivity index (χ3n) is 3.52. The molecule has 2 N–H and O–H groups in total. The summed E-state index contributed by atoms with van der Waals surface area (Å²) in [4.78, 5) is 24.5. The number of aryl methyl sites for hydroxylation is 1. The summed E-state index contributed by atoms with van der Waals surface area (Å²) >= 11 is 0. The molecular weight excluding hydrogens is 264 g/mol. The Kier molecular flexibility index (Phi) is 6.40. The molecule has 4 nitrogen and oxygen atoms in total. The molecule has 1 aromatic carbocycles. The summed E-state index contributed by atoms with van der Waals surface area (Å²) in [7, 11) is 0. The molecule has 0 fully saturated rings. The Bertz CT molecular complexity index is 497. The maximum Gasteiger partial charge on any atom is 0.251 e. The van der Waals surface area contributed by atoms with Crippen molar-refractivity contribution in [2.24, 2.45) is 5.92 Å². The number of hydrogen-bond acceptors (Lipinski definition) is 2. The Morgan fingerprint density at radius 3 is 2.33 bits per heavy atom. The lowest BCUT2D eigenvalue weighted by molar-refractivity contribution is -0.124. The Morgan fingerprint density at radius 1 is 1.14 bits per heavy atom. The van der Waals surface area contributed by atoms with Crippen LogP contribution in [0.2, 0.25) is 0 Å². The molecule has 1 aromatic rings. The highest BCUT2D eigenvalue weighted by atomic mass is 16.2. The second kappa shape index (κ2) is 7.81. The fourth-order valence-electron chi connectivity index (χ4n) is 1.98. The van der Waals surface area contributed by atoms with E-state index in [0.717, 1.165) is 12.0 Å². The number of hydrogen-bond donors (Lipinski definition) is 2. The third-order valence-corrected chi connectivity index (χ3v) is 3.52. The van der Waals surface area contributed by atoms with E-state index in [9.17, 15) is 9.59 Å². The summed E-state index contributed by atoms with van der Waals surface area (Å²) in [5.41, 5.74) is 1.60. The van der Waals surface area contributed by atoms with Crippen LogP contribution < -0.4 is 10.6 Å². The zero-order valence-corrected chi connectivity index (χ0v) is 13.6. The van der Waals surface area contributed by atoms with Crippen molar-refractivity contribution in [1.82, 2.24) is 10.6 Å². The minimum absolute atomic E-state index is 0.0304. The van der Waals surface area contributed by atoms with Crippen LogP contribution >= 0.6 is 0 Å². The minimum atomic E-state index is -0.521. The summed E-state index contributed by atoms with van der Waals surface area (Å²) in [6, 6.07) is 6.94. The van der Waals surface area contributed by atoms with Crippen LogP contribution in [0.25, 0.3) is 0 Å². The molecule has 2 amide bonds. The quantitative estimate of drug-likeness (QED) is 0.846. The van der Waals surface area contributed by atoms with Crippen molar-refractivity contribution in [2.45, 2.75) is 53.1 Å². The maximum absolute atomic E-state index is 12.3. The van der Waals surface area contributed by atoms with Gasteiger partial charge in [0.05, 0.1) is 0 Å². The number of carbonyl (C=O) groups is 2. The first-order chi connectivity index (χ1) is 9.85. The molecule has 0 unspecified atom stereocenters. The van der Waals surface area contributed by atoms with E-state index in [0.29, 0.717) is 5.56 Å². The Labute approximate surface area is 127 Å². The van der Waals surface area contributed by atoms with Gasteiger partial charge in [0.1, 0.15) is 6.04 Å². The molecule has 1 rings (SSSR count). The molecule has 0 heterocycles. The second-order valence-corrected chi connectivity index (χ2v) is 5.88. The number of rotatable bonds is 6. The van der Waals surface area contributed by atoms with Gasteiger partial charge in [-0.15, -0.1) is 0 Å². The van der Waals surface area contributed by atoms with Gasteiger partial charge < -0.3 is 10.6 Å². The fourth-order valence-corrected chi connectivity index (χ4v) is 1.98. The standard InChI is InChI=1S/C17H26N2O2/c1-6-13(5)18-17(21)15(11(2)3)19-16(20)14-9-7-8-12(4)10-14/h7-11,13,15H,6H2,1-5H3,(H,18,21)(H,19,20)/t13-,15+/m1/s1. The van der Waals surface area contributed by atoms with Crippen LogP contribution in [0.4, 0.5) is 0 Å². The third kappa shape index (κ3) is 5.21. The molecule has 4 heteroatoms. The average Bonchev–Trinajstić information content (AvgIpc) is 2.43. The van der Waals surface area contributed by atoms with Gasteiger partial charge in [0, 0.05) is 11.6 Å². The van der Waals surface area contributed by atoms with Crippen molar-refractivity contribution < 1.29 is 9.59 Å². The van der Waals surface area contributed by atoms with E-state index in [2.05, 4.69) is 10.6 Å². The van der Waals surface area contributed by atoms with Crippen molar-refractivity contribution in [2.75, 3.05) is 0 Å². The largest absolute Gasteiger partial charge is 0.352 e. The molecule has 0 aliphatic carbocycles. The van der Waals surface area contributed by atoms with E-state index in [1.54, 1.807) is 6.07 Å². The molecule has 0 aromatic heterocycles. The van der Waals surface area contributed by atoms with E-state index >= 15 is 0 Å². The molecule has 0 spiro atoms. The highest BCUT2D eigenvalue weighted by molar-refractivity contribution is 5.97. The lowest BCUT2D eigenvalue weighted by Crippen LogP contribution is -2.51. The Hall–Kier alpha value is -1.84. The summed E-state index contributed by atoms with van der Waals surface area (Å²) < 4.78 is 0. The molecule has 21 heavy (non-hydrogen) atoms. The normalized spacial score (nSPS) is 13.6. The first-order valence-corrected chi connectivity index (χ1v) is 7.53. The first-order valence-electron chi connectivity index (χ1n) is 7.53. The van der Waals surface area contributed by atoms with Crippen LogP contribution in [-0.2, 0) is 4.79 Å². The zero-order chi connectivity index (χ0) is 16.0. The summed E-state index contributed by atoms with van der Waals surface area (Å²) in [6.45, 7) is 9.76. The second-order valence-electron chi connectivity index (χ2n) is 5.88. The zero-order valence-electron chi connectivity index (χ0n) is 13.6. The lowest BCUT2D eigenvalue weighted by Gasteiger charge is -2.23. The molecule has 0 saturated heterocycles. The molecule has 2 atom stereocenters. The van der Waals surface area contributed by atoms with E-state index in [-0.39, 0.29) is 23.8 Å². The topological polar surface area (TPSA) is 58.2 Å². The van der Waals surface area contributed by atoms with Crippen LogP contribution in [0.1, 0.15) is 50.0 Å². The van der Waals surface area contributed by atoms with Gasteiger partial charge in [0.15, 0.2) is 0 Å². The van der Waals surface area contributed by atoms with Crippen molar-refractivity contribution in [3.63, 3.8) is 0 Å². The predicted octanol–water partition coefficient (Wildman–Crippen LogP) is 2.66. The smallest absolute Gasteiger partial charge is 0.251 e. The summed E-state index contributed by atoms with van der Waals surface area (Å²) in [5, 5.41) is 5.76. The first kappa shape index (κ1) is 17.2. The molecule has 0 saturated carbocycles. The van der Waals surface area contributed by atoms with Crippen LogP contribution in [0, 0.1) is 12.8 Å². The average molecular weight is 290 g/mol. The fraction of sp³-hybridized carbons (Fsp3) is 0.529. The molecule has 0 radical (unpaired) electrons. The molecular formula is C17H26N2O2. The van der Waals surface area contributed by atoms with Crippen LogP contribution in [0.5, 0.6) is 0 Å². The minimum Gasteiger partial charge on any atom is -0.352 e. The highest BCUT2D eigenvalue weighted by Crippen LogP contribution is 2.08. The summed E-state index contributed by atoms with van der Waals surface area (Å²) in [5.74, 6) is -0.306. The van der Waals surface area contributed by atoms with E-state index in [1.807, 2.05) is 52.8 Å². The van der Waals surface area contributed by atoms with E-state index < -0.39 is 6.04 Å². The van der Waals surface area contributed by atoms with Gasteiger partial charge in [-0.2, -0.15) is 0 Å². The molecule has 0 bridgehead atoms. The lowest BCUT2D eigenvalue weighted by atomic mass is 10.0. The molecule has 0 aliphatic rings. The van der Waals surface area contributed by atoms with Gasteiger partial charge in [0.2, 0.25) is 5.91 Å². The van der Waals surface area contributed by atoms with Gasteiger partial charge in [-0.3, -0.25) is 9.59 Å². The SMILES string of the molecule is CC[C@@H](C)NC(=O)[C@@H](NC(=O)c1cccc(C)c1)C(C)C. The van der Waals surface area contributed by atoms with Gasteiger partial charge in [-0.25, -0.2) is 0 Å². The monoisotopic (exact) mass is 290 g/mol. The van der Waals surface area contributed by atoms with E-state index in [4.69, 9.17) is 0 Å². The van der Waals surface area contributed by atoms with Crippen molar-refractivity contribution in [1.29, 1.82) is 0 Å². The van der Waals surface area contributed by atoms with Gasteiger partial charge >= 0.3 is 0 Å². The van der Waals surface area contributed by atoms with Gasteiger partial charge in [0.25, 0.3) is 5.91 Å². The van der Waals surface area contributed by atoms with Crippen LogP contribution in [0.3, 0.4) is 0 Å². The number of benzene rings is 1. The molecule has 0 aliphatic heterocycles. The number of amides is 2. The number of carbonyl (C=O) groups excluding carboxylic acids is 2. The van der Waals surface area contributed by atoms with Crippen LogP contribution in [-0.4, -0.2) is 23.9 Å². The Morgan fingerprint density at radius 2 is 1.81 bits per heavy atom. The molecule has 116 valence electrons. The van der Waals surface area contributed by atoms with Gasteiger partial charge in [-0.05, 0) is 38.3 Å². The predicted molar refractivity (Wildman–Crippen MR) is 85.2 cm³/mol. The van der Waals surface area contributed by atoms with Crippen molar-refractivity contribution in [3.05, 3.63) is 35.4 Å².